The number of amides is 1. The van der Waals surface area contributed by atoms with Crippen molar-refractivity contribution in [1.29, 1.82) is 0 Å². The zero-order chi connectivity index (χ0) is 18.6. The molecule has 1 atom stereocenters. The highest BCUT2D eigenvalue weighted by molar-refractivity contribution is 5.88. The molecule has 3 heterocycles. The summed E-state index contributed by atoms with van der Waals surface area (Å²) >= 11 is 0. The summed E-state index contributed by atoms with van der Waals surface area (Å²) in [6.45, 7) is 2.82. The van der Waals surface area contributed by atoms with Gasteiger partial charge in [-0.2, -0.15) is 0 Å². The number of rotatable bonds is 7. The van der Waals surface area contributed by atoms with Crippen LogP contribution in [0.25, 0.3) is 11.0 Å². The van der Waals surface area contributed by atoms with Gasteiger partial charge in [0, 0.05) is 29.9 Å². The molecule has 3 aromatic rings. The van der Waals surface area contributed by atoms with Gasteiger partial charge in [-0.15, -0.1) is 0 Å². The van der Waals surface area contributed by atoms with Gasteiger partial charge < -0.3 is 23.8 Å². The third kappa shape index (κ3) is 3.85. The molecule has 6 nitrogen and oxygen atoms in total. The summed E-state index contributed by atoms with van der Waals surface area (Å²) in [5, 5.41) is 4.03. The van der Waals surface area contributed by atoms with E-state index < -0.39 is 0 Å². The third-order valence-electron chi connectivity index (χ3n) is 5.34. The molecule has 1 aliphatic rings. The molecule has 0 aliphatic carbocycles. The van der Waals surface area contributed by atoms with Gasteiger partial charge in [-0.05, 0) is 24.3 Å². The summed E-state index contributed by atoms with van der Waals surface area (Å²) in [6, 6.07) is 9.71. The molecule has 2 N–H and O–H groups in total. The van der Waals surface area contributed by atoms with Gasteiger partial charge in [-0.1, -0.05) is 0 Å². The molecule has 1 aromatic carbocycles. The molecule has 0 bridgehead atoms. The number of hydrogen-bond acceptors (Lipinski definition) is 4. The molecule has 0 unspecified atom stereocenters. The quantitative estimate of drug-likeness (QED) is 0.669. The first-order valence-corrected chi connectivity index (χ1v) is 9.43. The van der Waals surface area contributed by atoms with Crippen molar-refractivity contribution in [3.05, 3.63) is 54.2 Å². The lowest BCUT2D eigenvalue weighted by molar-refractivity contribution is -0.919. The molecule has 4 rings (SSSR count). The van der Waals surface area contributed by atoms with Gasteiger partial charge in [-0.25, -0.2) is 0 Å². The van der Waals surface area contributed by atoms with E-state index in [9.17, 15) is 4.79 Å². The summed E-state index contributed by atoms with van der Waals surface area (Å²) in [5.74, 6) is 1.67. The van der Waals surface area contributed by atoms with E-state index >= 15 is 0 Å². The predicted molar refractivity (Wildman–Crippen MR) is 101 cm³/mol. The van der Waals surface area contributed by atoms with Crippen LogP contribution in [0.2, 0.25) is 0 Å². The van der Waals surface area contributed by atoms with Crippen LogP contribution in [0.5, 0.6) is 5.75 Å². The van der Waals surface area contributed by atoms with Crippen molar-refractivity contribution in [2.45, 2.75) is 25.3 Å². The molecule has 2 aromatic heterocycles. The van der Waals surface area contributed by atoms with E-state index in [2.05, 4.69) is 5.32 Å². The largest absolute Gasteiger partial charge is 0.497 e. The first-order valence-electron chi connectivity index (χ1n) is 9.43. The first kappa shape index (κ1) is 17.7. The van der Waals surface area contributed by atoms with Crippen LogP contribution >= 0.6 is 0 Å². The Balaban J connectivity index is 1.41. The molecule has 1 saturated heterocycles. The Hall–Kier alpha value is -2.73. The SMILES string of the molecule is COc1ccc2c(CC(=O)NC[C@@H](c3ccco3)[NH+]3CCCC3)coc2c1. The molecular formula is C21H25N2O4+. The normalized spacial score (nSPS) is 15.9. The summed E-state index contributed by atoms with van der Waals surface area (Å²) in [4.78, 5) is 14.0. The van der Waals surface area contributed by atoms with Crippen molar-refractivity contribution >= 4 is 16.9 Å². The van der Waals surface area contributed by atoms with Crippen LogP contribution in [0.1, 0.15) is 30.2 Å². The Morgan fingerprint density at radius 1 is 1.26 bits per heavy atom. The van der Waals surface area contributed by atoms with Gasteiger partial charge in [0.05, 0.1) is 45.7 Å². The minimum Gasteiger partial charge on any atom is -0.497 e. The second-order valence-corrected chi connectivity index (χ2v) is 7.04. The number of methoxy groups -OCH3 is 1. The fourth-order valence-corrected chi connectivity index (χ4v) is 3.89. The number of benzene rings is 1. The van der Waals surface area contributed by atoms with Crippen LogP contribution in [0.15, 0.2) is 51.7 Å². The van der Waals surface area contributed by atoms with E-state index in [0.29, 0.717) is 13.0 Å². The Bertz CT molecular complexity index is 894. The average Bonchev–Trinajstić information content (AvgIpc) is 3.44. The molecular weight excluding hydrogens is 344 g/mol. The maximum atomic E-state index is 12.5. The zero-order valence-corrected chi connectivity index (χ0v) is 15.5. The van der Waals surface area contributed by atoms with Crippen molar-refractivity contribution in [2.24, 2.45) is 0 Å². The fourth-order valence-electron chi connectivity index (χ4n) is 3.89. The Kier molecular flexibility index (Phi) is 5.16. The van der Waals surface area contributed by atoms with E-state index in [1.165, 1.54) is 17.7 Å². The van der Waals surface area contributed by atoms with Crippen LogP contribution in [-0.2, 0) is 11.2 Å². The molecule has 1 aliphatic heterocycles. The second-order valence-electron chi connectivity index (χ2n) is 7.04. The zero-order valence-electron chi connectivity index (χ0n) is 15.5. The molecule has 27 heavy (non-hydrogen) atoms. The van der Waals surface area contributed by atoms with Crippen molar-refractivity contribution < 1.29 is 23.3 Å². The minimum absolute atomic E-state index is 0.0105. The maximum absolute atomic E-state index is 12.5. The van der Waals surface area contributed by atoms with Crippen molar-refractivity contribution in [3.8, 4) is 5.75 Å². The summed E-state index contributed by atoms with van der Waals surface area (Å²) in [6.07, 6.45) is 6.10. The highest BCUT2D eigenvalue weighted by Gasteiger charge is 2.29. The monoisotopic (exact) mass is 369 g/mol. The van der Waals surface area contributed by atoms with Gasteiger partial charge in [0.2, 0.25) is 5.91 Å². The average molecular weight is 369 g/mol. The van der Waals surface area contributed by atoms with Crippen LogP contribution < -0.4 is 15.0 Å². The summed E-state index contributed by atoms with van der Waals surface area (Å²) in [5.41, 5.74) is 1.61. The first-order chi connectivity index (χ1) is 13.2. The van der Waals surface area contributed by atoms with E-state index in [4.69, 9.17) is 13.6 Å². The van der Waals surface area contributed by atoms with Crippen LogP contribution in [0.4, 0.5) is 0 Å². The van der Waals surface area contributed by atoms with Crippen molar-refractivity contribution in [2.75, 3.05) is 26.7 Å². The maximum Gasteiger partial charge on any atom is 0.224 e. The molecule has 0 saturated carbocycles. The second kappa shape index (κ2) is 7.88. The van der Waals surface area contributed by atoms with Crippen molar-refractivity contribution in [3.63, 3.8) is 0 Å². The predicted octanol–water partition coefficient (Wildman–Crippen LogP) is 2.11. The van der Waals surface area contributed by atoms with Gasteiger partial charge in [0.1, 0.15) is 11.3 Å². The lowest BCUT2D eigenvalue weighted by Gasteiger charge is -2.23. The molecule has 6 heteroatoms. The number of carbonyl (C=O) groups excluding carboxylic acids is 1. The van der Waals surface area contributed by atoms with Crippen LogP contribution in [0.3, 0.4) is 0 Å². The van der Waals surface area contributed by atoms with Crippen LogP contribution in [0, 0.1) is 0 Å². The number of likely N-dealkylation sites (tertiary alicyclic amines) is 1. The number of ether oxygens (including phenoxy) is 1. The summed E-state index contributed by atoms with van der Waals surface area (Å²) in [7, 11) is 1.62. The summed E-state index contributed by atoms with van der Waals surface area (Å²) < 4.78 is 16.4. The topological polar surface area (TPSA) is 69.0 Å². The van der Waals surface area contributed by atoms with E-state index in [1.807, 2.05) is 30.3 Å². The number of quaternary nitrogens is 1. The number of fused-ring (bicyclic) bond motifs is 1. The van der Waals surface area contributed by atoms with Gasteiger partial charge in [0.25, 0.3) is 0 Å². The number of nitrogens with one attached hydrogen (secondary N) is 2. The standard InChI is InChI=1S/C21H24N2O4/c1-25-16-6-7-17-15(14-27-20(17)12-16)11-21(24)22-13-18(19-5-4-10-26-19)23-8-2-3-9-23/h4-7,10,12,14,18H,2-3,8-9,11,13H2,1H3,(H,22,24)/p+1/t18-/m0/s1. The fraction of sp³-hybridized carbons (Fsp3) is 0.381. The van der Waals surface area contributed by atoms with Crippen LogP contribution in [-0.4, -0.2) is 32.7 Å². The minimum atomic E-state index is -0.0105. The van der Waals surface area contributed by atoms with Gasteiger partial charge >= 0.3 is 0 Å². The van der Waals surface area contributed by atoms with Gasteiger partial charge in [0.15, 0.2) is 11.8 Å². The number of furan rings is 2. The molecule has 0 radical (unpaired) electrons. The smallest absolute Gasteiger partial charge is 0.224 e. The van der Waals surface area contributed by atoms with E-state index in [-0.39, 0.29) is 11.9 Å². The molecule has 142 valence electrons. The molecule has 1 fully saturated rings. The lowest BCUT2D eigenvalue weighted by atomic mass is 10.1. The van der Waals surface area contributed by atoms with E-state index in [0.717, 1.165) is 41.1 Å². The molecule has 1 amide bonds. The Labute approximate surface area is 158 Å². The van der Waals surface area contributed by atoms with Crippen molar-refractivity contribution in [1.82, 2.24) is 5.32 Å². The molecule has 0 spiro atoms. The lowest BCUT2D eigenvalue weighted by Crippen LogP contribution is -3.11. The Morgan fingerprint density at radius 3 is 2.85 bits per heavy atom. The highest BCUT2D eigenvalue weighted by atomic mass is 16.5. The van der Waals surface area contributed by atoms with E-state index in [1.54, 1.807) is 19.6 Å². The number of hydrogen-bond donors (Lipinski definition) is 2. The third-order valence-corrected chi connectivity index (χ3v) is 5.34. The Morgan fingerprint density at radius 2 is 2.11 bits per heavy atom. The van der Waals surface area contributed by atoms with Gasteiger partial charge in [-0.3, -0.25) is 4.79 Å². The number of carbonyl (C=O) groups is 1. The highest BCUT2D eigenvalue weighted by Crippen LogP contribution is 2.25.